The maximum Gasteiger partial charge on any atom is 0.396 e. The van der Waals surface area contributed by atoms with Crippen LogP contribution in [0.5, 0.6) is 5.75 Å². The van der Waals surface area contributed by atoms with Gasteiger partial charge in [0, 0.05) is 0 Å². The van der Waals surface area contributed by atoms with E-state index in [4.69, 9.17) is 9.15 Å². The number of nitrogens with zero attached hydrogens (tertiary/aromatic N) is 2. The molecule has 0 saturated heterocycles. The SMILES string of the molecule is COc1cc(/C=C(\C#N)c2nc3ccc(C)cc3[nH]2)cc2sc(=O)oc12. The van der Waals surface area contributed by atoms with Gasteiger partial charge in [0.05, 0.1) is 28.4 Å². The molecule has 6 nitrogen and oxygen atoms in total. The maximum absolute atomic E-state index is 11.5. The lowest BCUT2D eigenvalue weighted by Gasteiger charge is -2.02. The second-order valence-corrected chi connectivity index (χ2v) is 6.76. The highest BCUT2D eigenvalue weighted by Crippen LogP contribution is 2.31. The third-order valence-corrected chi connectivity index (χ3v) is 4.74. The Labute approximate surface area is 152 Å². The highest BCUT2D eigenvalue weighted by atomic mass is 32.1. The summed E-state index contributed by atoms with van der Waals surface area (Å²) in [6.07, 6.45) is 1.71. The van der Waals surface area contributed by atoms with Crippen molar-refractivity contribution in [2.45, 2.75) is 6.92 Å². The lowest BCUT2D eigenvalue weighted by atomic mass is 10.1. The molecule has 0 saturated carbocycles. The van der Waals surface area contributed by atoms with Gasteiger partial charge in [-0.25, -0.2) is 9.78 Å². The highest BCUT2D eigenvalue weighted by molar-refractivity contribution is 7.16. The van der Waals surface area contributed by atoms with Crippen molar-refractivity contribution in [1.29, 1.82) is 5.26 Å². The summed E-state index contributed by atoms with van der Waals surface area (Å²) < 4.78 is 11.1. The van der Waals surface area contributed by atoms with E-state index in [-0.39, 0.29) is 0 Å². The predicted octanol–water partition coefficient (Wildman–Crippen LogP) is 4.11. The standard InChI is InChI=1S/C19H13N3O3S/c1-10-3-4-13-14(5-10)22-18(21-13)12(9-20)6-11-7-15(24-2)17-16(8-11)26-19(23)25-17/h3-8H,1-2H3,(H,21,22)/b12-6+. The molecule has 1 N–H and O–H groups in total. The number of hydrogen-bond donors (Lipinski definition) is 1. The Morgan fingerprint density at radius 3 is 3.00 bits per heavy atom. The number of aromatic nitrogens is 2. The molecule has 2 aromatic heterocycles. The fraction of sp³-hybridized carbons (Fsp3) is 0.105. The van der Waals surface area contributed by atoms with E-state index in [2.05, 4.69) is 16.0 Å². The number of fused-ring (bicyclic) bond motifs is 2. The Morgan fingerprint density at radius 2 is 2.23 bits per heavy atom. The van der Waals surface area contributed by atoms with Gasteiger partial charge >= 0.3 is 4.94 Å². The Kier molecular flexibility index (Phi) is 3.82. The molecule has 2 aromatic carbocycles. The number of methoxy groups -OCH3 is 1. The van der Waals surface area contributed by atoms with Crippen LogP contribution < -0.4 is 9.68 Å². The summed E-state index contributed by atoms with van der Waals surface area (Å²) in [6.45, 7) is 2.00. The fourth-order valence-electron chi connectivity index (χ4n) is 2.77. The van der Waals surface area contributed by atoms with E-state index in [0.29, 0.717) is 27.4 Å². The largest absolute Gasteiger partial charge is 0.493 e. The molecule has 0 aliphatic rings. The predicted molar refractivity (Wildman–Crippen MR) is 101 cm³/mol. The summed E-state index contributed by atoms with van der Waals surface area (Å²) in [4.78, 5) is 18.8. The van der Waals surface area contributed by atoms with E-state index in [1.807, 2.05) is 25.1 Å². The van der Waals surface area contributed by atoms with Crippen LogP contribution in [0.3, 0.4) is 0 Å². The van der Waals surface area contributed by atoms with Gasteiger partial charge < -0.3 is 14.1 Å². The average molecular weight is 363 g/mol. The average Bonchev–Trinajstić information content (AvgIpc) is 3.20. The minimum atomic E-state index is -0.396. The van der Waals surface area contributed by atoms with Crippen LogP contribution in [0, 0.1) is 18.3 Å². The van der Waals surface area contributed by atoms with Crippen molar-refractivity contribution in [2.24, 2.45) is 0 Å². The second-order valence-electron chi connectivity index (χ2n) is 5.78. The van der Waals surface area contributed by atoms with Crippen molar-refractivity contribution >= 4 is 44.3 Å². The van der Waals surface area contributed by atoms with Crippen LogP contribution in [0.1, 0.15) is 17.0 Å². The van der Waals surface area contributed by atoms with Crippen molar-refractivity contribution in [2.75, 3.05) is 7.11 Å². The van der Waals surface area contributed by atoms with Crippen LogP contribution >= 0.6 is 11.3 Å². The van der Waals surface area contributed by atoms with Crippen LogP contribution in [-0.2, 0) is 0 Å². The molecule has 0 bridgehead atoms. The van der Waals surface area contributed by atoms with Gasteiger partial charge in [-0.3, -0.25) is 0 Å². The molecule has 128 valence electrons. The molecule has 0 fully saturated rings. The molecule has 0 aliphatic carbocycles. The first kappa shape index (κ1) is 16.1. The van der Waals surface area contributed by atoms with Gasteiger partial charge in [0.25, 0.3) is 0 Å². The van der Waals surface area contributed by atoms with Crippen LogP contribution in [0.25, 0.3) is 33.0 Å². The molecule has 4 rings (SSSR count). The summed E-state index contributed by atoms with van der Waals surface area (Å²) in [7, 11) is 1.51. The first-order chi connectivity index (χ1) is 12.6. The molecular formula is C19H13N3O3S. The smallest absolute Gasteiger partial charge is 0.396 e. The lowest BCUT2D eigenvalue weighted by molar-refractivity contribution is 0.408. The quantitative estimate of drug-likeness (QED) is 0.553. The first-order valence-corrected chi connectivity index (χ1v) is 8.59. The molecule has 0 spiro atoms. The minimum absolute atomic E-state index is 0.385. The van der Waals surface area contributed by atoms with E-state index in [1.165, 1.54) is 7.11 Å². The van der Waals surface area contributed by atoms with Gasteiger partial charge in [-0.15, -0.1) is 0 Å². The molecular weight excluding hydrogens is 350 g/mol. The van der Waals surface area contributed by atoms with Gasteiger partial charge in [-0.2, -0.15) is 5.26 Å². The summed E-state index contributed by atoms with van der Waals surface area (Å²) >= 11 is 0.994. The molecule has 0 unspecified atom stereocenters. The Morgan fingerprint density at radius 1 is 1.38 bits per heavy atom. The van der Waals surface area contributed by atoms with Crippen molar-refractivity contribution < 1.29 is 9.15 Å². The number of aryl methyl sites for hydroxylation is 1. The molecule has 2 heterocycles. The molecule has 0 radical (unpaired) electrons. The van der Waals surface area contributed by atoms with Gasteiger partial charge in [0.1, 0.15) is 11.9 Å². The monoisotopic (exact) mass is 363 g/mol. The van der Waals surface area contributed by atoms with Crippen LogP contribution in [0.4, 0.5) is 0 Å². The second kappa shape index (κ2) is 6.17. The van der Waals surface area contributed by atoms with E-state index in [1.54, 1.807) is 18.2 Å². The zero-order valence-electron chi connectivity index (χ0n) is 14.0. The molecule has 4 aromatic rings. The van der Waals surface area contributed by atoms with E-state index < -0.39 is 4.94 Å². The number of H-pyrrole nitrogens is 1. The van der Waals surface area contributed by atoms with Crippen LogP contribution in [-0.4, -0.2) is 17.1 Å². The van der Waals surface area contributed by atoms with E-state index >= 15 is 0 Å². The zero-order valence-corrected chi connectivity index (χ0v) is 14.8. The number of rotatable bonds is 3. The number of benzene rings is 2. The van der Waals surface area contributed by atoms with Crippen molar-refractivity contribution in [3.8, 4) is 11.8 Å². The first-order valence-electron chi connectivity index (χ1n) is 7.77. The zero-order chi connectivity index (χ0) is 18.3. The fourth-order valence-corrected chi connectivity index (χ4v) is 3.51. The number of allylic oxidation sites excluding steroid dienone is 1. The number of imidazole rings is 1. The van der Waals surface area contributed by atoms with E-state index in [9.17, 15) is 10.1 Å². The third kappa shape index (κ3) is 2.76. The van der Waals surface area contributed by atoms with Gasteiger partial charge in [-0.1, -0.05) is 17.4 Å². The third-order valence-electron chi connectivity index (χ3n) is 3.97. The number of ether oxygens (including phenoxy) is 1. The molecule has 7 heteroatoms. The number of hydrogen-bond acceptors (Lipinski definition) is 6. The van der Waals surface area contributed by atoms with Gasteiger partial charge in [-0.05, 0) is 48.4 Å². The number of aromatic amines is 1. The van der Waals surface area contributed by atoms with Crippen molar-refractivity contribution in [1.82, 2.24) is 9.97 Å². The molecule has 26 heavy (non-hydrogen) atoms. The number of nitriles is 1. The number of nitrogens with one attached hydrogen (secondary N) is 1. The highest BCUT2D eigenvalue weighted by Gasteiger charge is 2.12. The molecule has 0 amide bonds. The van der Waals surface area contributed by atoms with E-state index in [0.717, 1.165) is 33.5 Å². The summed E-state index contributed by atoms with van der Waals surface area (Å²) in [5, 5.41) is 9.59. The summed E-state index contributed by atoms with van der Waals surface area (Å²) in [6, 6.07) is 11.6. The van der Waals surface area contributed by atoms with Crippen LogP contribution in [0.15, 0.2) is 39.5 Å². The van der Waals surface area contributed by atoms with Crippen molar-refractivity contribution in [3.63, 3.8) is 0 Å². The van der Waals surface area contributed by atoms with Gasteiger partial charge in [0.15, 0.2) is 11.3 Å². The molecule has 0 atom stereocenters. The van der Waals surface area contributed by atoms with Crippen molar-refractivity contribution in [3.05, 3.63) is 57.0 Å². The topological polar surface area (TPSA) is 91.9 Å². The normalized spacial score (nSPS) is 11.8. The maximum atomic E-state index is 11.5. The molecule has 0 aliphatic heterocycles. The van der Waals surface area contributed by atoms with Gasteiger partial charge in [0.2, 0.25) is 0 Å². The summed E-state index contributed by atoms with van der Waals surface area (Å²) in [5.41, 5.74) is 4.31. The minimum Gasteiger partial charge on any atom is -0.493 e. The van der Waals surface area contributed by atoms with Crippen LogP contribution in [0.2, 0.25) is 0 Å². The summed E-state index contributed by atoms with van der Waals surface area (Å²) in [5.74, 6) is 0.942. The lowest BCUT2D eigenvalue weighted by Crippen LogP contribution is -1.87. The Bertz CT molecular complexity index is 1270. The Balaban J connectivity index is 1.85. The Hall–Kier alpha value is -3.37.